The van der Waals surface area contributed by atoms with Crippen molar-refractivity contribution in [3.63, 3.8) is 0 Å². The molecule has 7 atom stereocenters. The van der Waals surface area contributed by atoms with Gasteiger partial charge in [0.15, 0.2) is 0 Å². The van der Waals surface area contributed by atoms with Crippen LogP contribution in [0.3, 0.4) is 0 Å². The lowest BCUT2D eigenvalue weighted by molar-refractivity contribution is -0.119. The summed E-state index contributed by atoms with van der Waals surface area (Å²) in [5, 5.41) is 37.2. The molecule has 0 spiro atoms. The Labute approximate surface area is 790 Å². The van der Waals surface area contributed by atoms with Crippen LogP contribution < -0.4 is 55.3 Å². The highest BCUT2D eigenvalue weighted by Crippen LogP contribution is 2.39. The van der Waals surface area contributed by atoms with E-state index in [-0.39, 0.29) is 92.9 Å². The number of nitrogens with zero attached hydrogens (tertiary/aromatic N) is 8. The maximum atomic E-state index is 15.1. The van der Waals surface area contributed by atoms with E-state index < -0.39 is 101 Å². The summed E-state index contributed by atoms with van der Waals surface area (Å²) in [6.07, 6.45) is 10.0. The average Bonchev–Trinajstić information content (AvgIpc) is 1.10. The molecule has 7 heterocycles. The molecule has 5 aromatic heterocycles. The van der Waals surface area contributed by atoms with Crippen LogP contribution in [0.25, 0.3) is 55.9 Å². The number of nitrogen functional groups attached to an aromatic ring is 4. The van der Waals surface area contributed by atoms with Crippen LogP contribution in [-0.2, 0) is 23.1 Å². The van der Waals surface area contributed by atoms with Crippen molar-refractivity contribution in [2.75, 3.05) is 55.8 Å². The van der Waals surface area contributed by atoms with E-state index in [4.69, 9.17) is 45.0 Å². The predicted molar refractivity (Wildman–Crippen MR) is 506 cm³/mol. The first-order valence-electron chi connectivity index (χ1n) is 43.1. The van der Waals surface area contributed by atoms with Gasteiger partial charge in [-0.15, -0.1) is 0 Å². The Kier molecular flexibility index (Phi) is 33.2. The number of alkyl halides is 1. The van der Waals surface area contributed by atoms with Gasteiger partial charge in [0.25, 0.3) is 23.6 Å². The fourth-order valence-electron chi connectivity index (χ4n) is 15.8. The number of aromatic nitrogens is 8. The van der Waals surface area contributed by atoms with E-state index in [1.807, 2.05) is 79.9 Å². The molecule has 3 fully saturated rings. The second-order valence-corrected chi connectivity index (χ2v) is 34.2. The molecule has 17 N–H and O–H groups in total. The standard InChI is InChI=1S/C26H27ClF2N4O2.C25H25F3IN5O2.C25H23F2N5O2.C23H21FN4O2/c1-2-3-22(17-10-18(27)13-19(28)11-17)33-26(34)20-5-4-16(12-21(20)29)24-25(30)31-14-23(32-24)15-6-8-35-9-7-15;26-15-5-14(6-16(29)9-15)20(10-30)34-25(36)17-3-1-13(8-18(17)27)23-24(31)32-11-21(33-23)12-2-4-22(35)19(28)7-12;1-14-21(12-30-32(14)2)17-9-20(24(28)29-11-17)15-6-7-19(22(27)10-15)25(34)31-23(13-33)16-4-3-5-18(26)8-16;24-20-9-15(6-7-18(20)23(30)28-11-14-4-2-1-3-5-14)19-8-16(13-27-22(19)25)17-10-21(29)26-12-17/h4-5,10-15,22H,2-3,6-9H2,1H3,(H2,30,31)(H,33,34);1,3,5-6,8-9,11-12,19-20,22,35H,2,4,7,10,30H2,(H2,31,32)(H,34,36);3-12,23,33H,13H2,1-2H3,(H2,28,29)(H,31,34);1-9,13,17H,10-12H2,(H2,25,27)(H,26,29)(H,28,30)/t22-;12-,19-,20-,22-;23-;/m111./s1. The number of aliphatic hydroxyl groups excluding tert-OH is 2. The van der Waals surface area contributed by atoms with Gasteiger partial charge in [0, 0.05) is 124 Å². The number of rotatable bonds is 24. The van der Waals surface area contributed by atoms with Gasteiger partial charge >= 0.3 is 0 Å². The van der Waals surface area contributed by atoms with E-state index in [1.165, 1.54) is 97.2 Å². The average molecular weight is 1980 g/mol. The Morgan fingerprint density at radius 1 is 0.548 bits per heavy atom. The van der Waals surface area contributed by atoms with Crippen LogP contribution >= 0.6 is 34.2 Å². The number of nitrogens with one attached hydrogen (secondary N) is 5. The zero-order valence-electron chi connectivity index (χ0n) is 73.2. The number of aryl methyl sites for hydroxylation is 1. The van der Waals surface area contributed by atoms with Gasteiger partial charge in [0.1, 0.15) is 81.6 Å². The largest absolute Gasteiger partial charge is 0.394 e. The van der Waals surface area contributed by atoms with Crippen LogP contribution in [0.15, 0.2) is 207 Å². The Hall–Kier alpha value is -13.7. The maximum absolute atomic E-state index is 15.1. The van der Waals surface area contributed by atoms with Crippen LogP contribution in [0.1, 0.15) is 181 Å². The normalized spacial score (nSPS) is 15.9. The van der Waals surface area contributed by atoms with Gasteiger partial charge in [-0.3, -0.25) is 28.7 Å². The molecule has 8 aromatic carbocycles. The van der Waals surface area contributed by atoms with E-state index in [9.17, 15) is 60.5 Å². The third-order valence-electron chi connectivity index (χ3n) is 23.3. The number of halogens is 10. The van der Waals surface area contributed by atoms with Crippen LogP contribution in [0.4, 0.5) is 58.4 Å². The van der Waals surface area contributed by atoms with Gasteiger partial charge in [-0.05, 0) is 216 Å². The Morgan fingerprint density at radius 3 is 1.60 bits per heavy atom. The molecule has 135 heavy (non-hydrogen) atoms. The number of carbonyl (C=O) groups excluding carboxylic acids is 5. The molecule has 3 aliphatic rings. The van der Waals surface area contributed by atoms with Gasteiger partial charge in [0.2, 0.25) is 5.91 Å². The van der Waals surface area contributed by atoms with Crippen molar-refractivity contribution < 1.29 is 74.0 Å². The molecular weight excluding hydrogens is 1880 g/mol. The molecule has 700 valence electrons. The Bertz CT molecular complexity index is 6470. The summed E-state index contributed by atoms with van der Waals surface area (Å²) in [6, 6.07) is 41.4. The number of hydrogen-bond donors (Lipinski definition) is 12. The number of benzene rings is 8. The number of pyridine rings is 2. The van der Waals surface area contributed by atoms with Crippen LogP contribution in [0.5, 0.6) is 0 Å². The second kappa shape index (κ2) is 45.3. The molecule has 1 unspecified atom stereocenters. The quantitative estimate of drug-likeness (QED) is 0.0197. The molecule has 0 bridgehead atoms. The molecule has 5 amide bonds. The molecule has 26 nitrogen and oxygen atoms in total. The molecule has 36 heteroatoms. The summed E-state index contributed by atoms with van der Waals surface area (Å²) in [5.41, 5.74) is 39.7. The second-order valence-electron chi connectivity index (χ2n) is 32.6. The maximum Gasteiger partial charge on any atom is 0.254 e. The topological polar surface area (TPSA) is 420 Å². The first-order chi connectivity index (χ1) is 64.8. The van der Waals surface area contributed by atoms with Gasteiger partial charge in [-0.2, -0.15) is 5.10 Å². The number of nitrogens with two attached hydrogens (primary N) is 5. The molecular formula is C99H96ClF8IN18O8. The van der Waals surface area contributed by atoms with Crippen LogP contribution in [-0.4, -0.2) is 125 Å². The summed E-state index contributed by atoms with van der Waals surface area (Å²) >= 11 is 7.94. The summed E-state index contributed by atoms with van der Waals surface area (Å²) in [7, 11) is 1.83. The number of hydrogen-bond acceptors (Lipinski definition) is 20. The summed E-state index contributed by atoms with van der Waals surface area (Å²) in [6.45, 7) is 5.55. The van der Waals surface area contributed by atoms with Crippen molar-refractivity contribution in [3.8, 4) is 55.9 Å². The Morgan fingerprint density at radius 2 is 1.07 bits per heavy atom. The SMILES string of the molecule is CCC[C@@H](NC(=O)c1ccc(-c2nc(C3CCOCC3)cnc2N)cc1F)c1cc(F)cc(Cl)c1.Cc1c(-c2cnc(N)c(-c3ccc(C(=O)N[C@H](CO)c4cccc(F)c4)c(F)c3)c2)cnn1C.NC[C@@H](NC(=O)c1ccc(-c2nc([C@@H]3CC[C@@H](O)[C@H](F)C3)cnc2N)cc1F)c1cc(F)cc(I)c1.Nc1ncc(C2CNC(=O)C2)cc1-c1ccc(C(=O)NCc2ccccc2)c(F)c1. The van der Waals surface area contributed by atoms with E-state index in [0.29, 0.717) is 117 Å². The van der Waals surface area contributed by atoms with Gasteiger partial charge in [0.05, 0.1) is 83.1 Å². The third kappa shape index (κ3) is 25.0. The highest BCUT2D eigenvalue weighted by Gasteiger charge is 2.33. The van der Waals surface area contributed by atoms with E-state index in [2.05, 4.69) is 61.6 Å². The monoisotopic (exact) mass is 1980 g/mol. The lowest BCUT2D eigenvalue weighted by Gasteiger charge is -2.28. The zero-order valence-corrected chi connectivity index (χ0v) is 76.1. The van der Waals surface area contributed by atoms with Crippen LogP contribution in [0, 0.1) is 51.2 Å². The van der Waals surface area contributed by atoms with E-state index >= 15 is 8.78 Å². The fraction of sp³-hybridized carbons (Fsp3) is 0.253. The fourth-order valence-corrected chi connectivity index (χ4v) is 16.7. The first kappa shape index (κ1) is 98.8. The van der Waals surface area contributed by atoms with E-state index in [1.54, 1.807) is 71.9 Å². The summed E-state index contributed by atoms with van der Waals surface area (Å²) < 4.78 is 123. The molecule has 1 saturated carbocycles. The minimum atomic E-state index is -1.35. The minimum absolute atomic E-state index is 0.00436. The van der Waals surface area contributed by atoms with Crippen LogP contribution in [0.2, 0.25) is 5.02 Å². The molecule has 16 rings (SSSR count). The van der Waals surface area contributed by atoms with Crippen molar-refractivity contribution in [1.82, 2.24) is 66.3 Å². The van der Waals surface area contributed by atoms with Gasteiger partial charge in [-0.25, -0.2) is 65.0 Å². The molecule has 2 aliphatic heterocycles. The smallest absolute Gasteiger partial charge is 0.254 e. The minimum Gasteiger partial charge on any atom is -0.394 e. The van der Waals surface area contributed by atoms with Crippen molar-refractivity contribution in [2.45, 2.75) is 120 Å². The predicted octanol–water partition coefficient (Wildman–Crippen LogP) is 16.6. The van der Waals surface area contributed by atoms with Crippen molar-refractivity contribution >= 4 is 87.0 Å². The van der Waals surface area contributed by atoms with Gasteiger partial charge < -0.3 is 70.2 Å². The first-order valence-corrected chi connectivity index (χ1v) is 44.6. The zero-order chi connectivity index (χ0) is 96.4. The van der Waals surface area contributed by atoms with Gasteiger partial charge in [-0.1, -0.05) is 91.7 Å². The highest BCUT2D eigenvalue weighted by atomic mass is 127. The molecule has 1 aliphatic carbocycles. The van der Waals surface area contributed by atoms with Crippen molar-refractivity contribution in [3.05, 3.63) is 323 Å². The lowest BCUT2D eigenvalue weighted by Crippen LogP contribution is -2.34. The number of anilines is 4. The molecule has 13 aromatic rings. The summed E-state index contributed by atoms with van der Waals surface area (Å²) in [4.78, 5) is 88.3. The third-order valence-corrected chi connectivity index (χ3v) is 24.2. The lowest BCUT2D eigenvalue weighted by atomic mass is 9.84. The number of amides is 5. The summed E-state index contributed by atoms with van der Waals surface area (Å²) in [5.74, 6) is -6.27. The van der Waals surface area contributed by atoms with Crippen molar-refractivity contribution in [2.24, 2.45) is 12.8 Å². The number of ether oxygens (including phenoxy) is 1. The van der Waals surface area contributed by atoms with E-state index in [0.717, 1.165) is 59.0 Å². The molecule has 0 radical (unpaired) electrons. The van der Waals surface area contributed by atoms with Crippen molar-refractivity contribution in [1.29, 1.82) is 0 Å². The number of aliphatic hydroxyl groups is 2. The Balaban J connectivity index is 0.000000153. The number of carbonyl (C=O) groups is 5. The highest BCUT2D eigenvalue weighted by molar-refractivity contribution is 14.1. The molecule has 2 saturated heterocycles.